The third-order valence-electron chi connectivity index (χ3n) is 5.97. The maximum Gasteiger partial charge on any atom is 0.324 e. The van der Waals surface area contributed by atoms with E-state index < -0.39 is 28.7 Å². The van der Waals surface area contributed by atoms with Crippen molar-refractivity contribution < 1.29 is 23.9 Å². The number of hydrogen-bond acceptors (Lipinski definition) is 5. The number of hydrogen-bond donors (Lipinski definition) is 0. The van der Waals surface area contributed by atoms with E-state index in [0.29, 0.717) is 12.0 Å². The minimum atomic E-state index is -1.70. The van der Waals surface area contributed by atoms with Crippen molar-refractivity contribution in [2.45, 2.75) is 26.2 Å². The highest BCUT2D eigenvalue weighted by Crippen LogP contribution is 2.77. The summed E-state index contributed by atoms with van der Waals surface area (Å²) in [4.78, 5) is 39.6. The summed E-state index contributed by atoms with van der Waals surface area (Å²) in [5.74, 6) is -2.38. The zero-order chi connectivity index (χ0) is 20.5. The highest BCUT2D eigenvalue weighted by Gasteiger charge is 2.88. The first-order valence-electron chi connectivity index (χ1n) is 9.25. The second-order valence-electron chi connectivity index (χ2n) is 7.15. The van der Waals surface area contributed by atoms with E-state index in [-0.39, 0.29) is 5.78 Å². The molecule has 5 nitrogen and oxygen atoms in total. The van der Waals surface area contributed by atoms with Crippen molar-refractivity contribution in [3.8, 4) is 0 Å². The summed E-state index contributed by atoms with van der Waals surface area (Å²) in [5, 5.41) is 0. The molecule has 146 valence electrons. The molecule has 2 atom stereocenters. The van der Waals surface area contributed by atoms with Gasteiger partial charge in [-0.3, -0.25) is 14.4 Å². The Labute approximate surface area is 164 Å². The average molecular weight is 380 g/mol. The second-order valence-corrected chi connectivity index (χ2v) is 7.15. The second kappa shape index (κ2) is 7.23. The van der Waals surface area contributed by atoms with Crippen LogP contribution in [0.25, 0.3) is 0 Å². The van der Waals surface area contributed by atoms with Gasteiger partial charge in [-0.1, -0.05) is 67.1 Å². The van der Waals surface area contributed by atoms with Crippen LogP contribution in [0.2, 0.25) is 0 Å². The quantitative estimate of drug-likeness (QED) is 0.434. The smallest absolute Gasteiger partial charge is 0.324 e. The Bertz CT molecular complexity index is 884. The molecule has 3 rings (SSSR count). The Hall–Kier alpha value is -2.95. The SMILES string of the molecule is CC[C@]1(C(=O)c2ccc(C)cc2)[C@@H](c2ccccc2)C1(C(=O)OC)C(=O)OC. The van der Waals surface area contributed by atoms with Crippen molar-refractivity contribution in [2.24, 2.45) is 10.8 Å². The lowest BCUT2D eigenvalue weighted by Gasteiger charge is -2.20. The van der Waals surface area contributed by atoms with Crippen LogP contribution in [0.4, 0.5) is 0 Å². The van der Waals surface area contributed by atoms with Crippen LogP contribution in [0.3, 0.4) is 0 Å². The van der Waals surface area contributed by atoms with Crippen molar-refractivity contribution in [1.29, 1.82) is 0 Å². The number of ketones is 1. The van der Waals surface area contributed by atoms with Crippen LogP contribution in [0.1, 0.15) is 40.7 Å². The van der Waals surface area contributed by atoms with Gasteiger partial charge in [0.1, 0.15) is 0 Å². The summed E-state index contributed by atoms with van der Waals surface area (Å²) in [7, 11) is 2.45. The molecule has 0 unspecified atom stereocenters. The Morgan fingerprint density at radius 3 is 1.89 bits per heavy atom. The molecule has 1 aliphatic rings. The van der Waals surface area contributed by atoms with Crippen LogP contribution in [0.5, 0.6) is 0 Å². The van der Waals surface area contributed by atoms with E-state index in [4.69, 9.17) is 9.47 Å². The van der Waals surface area contributed by atoms with Crippen LogP contribution in [-0.4, -0.2) is 31.9 Å². The third-order valence-corrected chi connectivity index (χ3v) is 5.97. The Balaban J connectivity index is 2.25. The van der Waals surface area contributed by atoms with E-state index in [1.54, 1.807) is 12.1 Å². The molecule has 0 aliphatic heterocycles. The minimum absolute atomic E-state index is 0.250. The number of methoxy groups -OCH3 is 2. The van der Waals surface area contributed by atoms with E-state index in [2.05, 4.69) is 0 Å². The Morgan fingerprint density at radius 2 is 1.43 bits per heavy atom. The Kier molecular flexibility index (Phi) is 5.11. The number of rotatable bonds is 6. The summed E-state index contributed by atoms with van der Waals surface area (Å²) in [6, 6.07) is 16.3. The molecule has 0 spiro atoms. The molecule has 0 heterocycles. The van der Waals surface area contributed by atoms with Gasteiger partial charge in [-0.05, 0) is 18.9 Å². The summed E-state index contributed by atoms with van der Waals surface area (Å²) in [6.07, 6.45) is 0.295. The van der Waals surface area contributed by atoms with Gasteiger partial charge in [-0.25, -0.2) is 0 Å². The summed E-state index contributed by atoms with van der Waals surface area (Å²) in [5.41, 5.74) is -0.744. The van der Waals surface area contributed by atoms with Gasteiger partial charge in [-0.2, -0.15) is 0 Å². The summed E-state index contributed by atoms with van der Waals surface area (Å²) in [6.45, 7) is 3.75. The Morgan fingerprint density at radius 1 is 0.893 bits per heavy atom. The minimum Gasteiger partial charge on any atom is -0.468 e. The van der Waals surface area contributed by atoms with Crippen LogP contribution < -0.4 is 0 Å². The lowest BCUT2D eigenvalue weighted by Crippen LogP contribution is -2.37. The first kappa shape index (κ1) is 19.8. The highest BCUT2D eigenvalue weighted by molar-refractivity contribution is 6.18. The first-order chi connectivity index (χ1) is 13.4. The maximum atomic E-state index is 13.7. The molecule has 28 heavy (non-hydrogen) atoms. The molecular weight excluding hydrogens is 356 g/mol. The predicted molar refractivity (Wildman–Crippen MR) is 104 cm³/mol. The van der Waals surface area contributed by atoms with E-state index in [1.807, 2.05) is 56.3 Å². The standard InChI is InChI=1S/C23H24O5/c1-5-22(19(24)17-13-11-15(2)12-14-17)18(16-9-7-6-8-10-16)23(22,20(25)27-3)21(26)28-4/h6-14,18H,5H2,1-4H3/t18-,22-/m1/s1. The summed E-state index contributed by atoms with van der Waals surface area (Å²) >= 11 is 0. The predicted octanol–water partition coefficient (Wildman–Crippen LogP) is 3.70. The van der Waals surface area contributed by atoms with E-state index >= 15 is 0 Å². The molecule has 5 heteroatoms. The highest BCUT2D eigenvalue weighted by atomic mass is 16.5. The largest absolute Gasteiger partial charge is 0.468 e. The van der Waals surface area contributed by atoms with Gasteiger partial charge in [-0.15, -0.1) is 0 Å². The molecule has 1 aliphatic carbocycles. The molecule has 0 N–H and O–H groups in total. The number of carbonyl (C=O) groups excluding carboxylic acids is 3. The first-order valence-corrected chi connectivity index (χ1v) is 9.25. The fourth-order valence-corrected chi connectivity index (χ4v) is 4.64. The zero-order valence-electron chi connectivity index (χ0n) is 16.5. The molecule has 0 radical (unpaired) electrons. The third kappa shape index (κ3) is 2.49. The van der Waals surface area contributed by atoms with Crippen molar-refractivity contribution in [2.75, 3.05) is 14.2 Å². The number of Topliss-reactive ketones (excluding diaryl/α,β-unsaturated/α-hetero) is 1. The van der Waals surface area contributed by atoms with Crippen LogP contribution in [0.15, 0.2) is 54.6 Å². The number of ether oxygens (including phenoxy) is 2. The van der Waals surface area contributed by atoms with Gasteiger partial charge in [0.25, 0.3) is 0 Å². The normalized spacial score (nSPS) is 22.2. The average Bonchev–Trinajstić information content (AvgIpc) is 3.38. The van der Waals surface area contributed by atoms with Crippen molar-refractivity contribution >= 4 is 17.7 Å². The molecule has 2 aromatic rings. The van der Waals surface area contributed by atoms with Gasteiger partial charge in [0.2, 0.25) is 0 Å². The molecule has 1 fully saturated rings. The van der Waals surface area contributed by atoms with Crippen molar-refractivity contribution in [3.63, 3.8) is 0 Å². The number of esters is 2. The topological polar surface area (TPSA) is 69.7 Å². The van der Waals surface area contributed by atoms with Crippen molar-refractivity contribution in [3.05, 3.63) is 71.3 Å². The van der Waals surface area contributed by atoms with Gasteiger partial charge in [0, 0.05) is 11.5 Å². The number of benzene rings is 2. The lowest BCUT2D eigenvalue weighted by atomic mass is 9.82. The van der Waals surface area contributed by atoms with Gasteiger partial charge < -0.3 is 9.47 Å². The fourth-order valence-electron chi connectivity index (χ4n) is 4.64. The molecule has 2 aromatic carbocycles. The van der Waals surface area contributed by atoms with Crippen LogP contribution in [-0.2, 0) is 19.1 Å². The monoisotopic (exact) mass is 380 g/mol. The lowest BCUT2D eigenvalue weighted by molar-refractivity contribution is -0.163. The zero-order valence-corrected chi connectivity index (χ0v) is 16.5. The number of aryl methyl sites for hydroxylation is 1. The van der Waals surface area contributed by atoms with E-state index in [0.717, 1.165) is 11.1 Å². The maximum absolute atomic E-state index is 13.7. The molecule has 0 saturated heterocycles. The van der Waals surface area contributed by atoms with E-state index in [9.17, 15) is 14.4 Å². The van der Waals surface area contributed by atoms with Crippen molar-refractivity contribution in [1.82, 2.24) is 0 Å². The molecular formula is C23H24O5. The molecule has 0 aromatic heterocycles. The van der Waals surface area contributed by atoms with Crippen LogP contribution in [0, 0.1) is 17.8 Å². The van der Waals surface area contributed by atoms with Gasteiger partial charge in [0.15, 0.2) is 11.2 Å². The molecule has 0 bridgehead atoms. The summed E-state index contributed by atoms with van der Waals surface area (Å²) < 4.78 is 10.0. The van der Waals surface area contributed by atoms with Gasteiger partial charge in [0.05, 0.1) is 19.6 Å². The van der Waals surface area contributed by atoms with Gasteiger partial charge >= 0.3 is 11.9 Å². The molecule has 1 saturated carbocycles. The number of carbonyl (C=O) groups is 3. The van der Waals surface area contributed by atoms with Crippen LogP contribution >= 0.6 is 0 Å². The van der Waals surface area contributed by atoms with E-state index in [1.165, 1.54) is 14.2 Å². The fraction of sp³-hybridized carbons (Fsp3) is 0.348. The molecule has 0 amide bonds.